The Hall–Kier alpha value is -2.24. The molecule has 1 aliphatic carbocycles. The van der Waals surface area contributed by atoms with Crippen LogP contribution >= 0.6 is 0 Å². The van der Waals surface area contributed by atoms with Crippen LogP contribution in [0.5, 0.6) is 0 Å². The third kappa shape index (κ3) is 2.62. The minimum Gasteiger partial charge on any atom is -0.330 e. The highest BCUT2D eigenvalue weighted by Gasteiger charge is 2.33. The van der Waals surface area contributed by atoms with Gasteiger partial charge in [0.05, 0.1) is 6.20 Å². The van der Waals surface area contributed by atoms with Gasteiger partial charge < -0.3 is 4.90 Å². The number of aromatic amines is 1. The van der Waals surface area contributed by atoms with Gasteiger partial charge >= 0.3 is 0 Å². The van der Waals surface area contributed by atoms with E-state index in [1.807, 2.05) is 6.07 Å². The highest BCUT2D eigenvalue weighted by Crippen LogP contribution is 2.29. The van der Waals surface area contributed by atoms with Gasteiger partial charge in [0.25, 0.3) is 5.91 Å². The summed E-state index contributed by atoms with van der Waals surface area (Å²) in [4.78, 5) is 14.0. The SMILES string of the molecule is O=C(c1cn[nH]n1)N(Cc1cccc(F)c1)C1CC1. The summed E-state index contributed by atoms with van der Waals surface area (Å²) in [6, 6.07) is 6.54. The maximum atomic E-state index is 13.2. The van der Waals surface area contributed by atoms with Gasteiger partial charge in [-0.1, -0.05) is 12.1 Å². The topological polar surface area (TPSA) is 61.9 Å². The van der Waals surface area contributed by atoms with Gasteiger partial charge in [0.1, 0.15) is 5.82 Å². The van der Waals surface area contributed by atoms with Crippen LogP contribution in [0, 0.1) is 5.82 Å². The van der Waals surface area contributed by atoms with E-state index in [4.69, 9.17) is 0 Å². The number of H-pyrrole nitrogens is 1. The molecule has 19 heavy (non-hydrogen) atoms. The number of rotatable bonds is 4. The maximum Gasteiger partial charge on any atom is 0.276 e. The molecule has 0 radical (unpaired) electrons. The summed E-state index contributed by atoms with van der Waals surface area (Å²) in [5.74, 6) is -0.456. The molecule has 1 amide bonds. The molecule has 1 fully saturated rings. The summed E-state index contributed by atoms with van der Waals surface area (Å²) < 4.78 is 13.2. The van der Waals surface area contributed by atoms with Gasteiger partial charge in [-0.25, -0.2) is 4.39 Å². The number of nitrogens with zero attached hydrogens (tertiary/aromatic N) is 3. The minimum atomic E-state index is -0.290. The highest BCUT2D eigenvalue weighted by atomic mass is 19.1. The normalized spacial score (nSPS) is 14.4. The first-order valence-corrected chi connectivity index (χ1v) is 6.15. The van der Waals surface area contributed by atoms with E-state index in [9.17, 15) is 9.18 Å². The fraction of sp³-hybridized carbons (Fsp3) is 0.308. The Kier molecular flexibility index (Phi) is 2.98. The van der Waals surface area contributed by atoms with Crippen molar-refractivity contribution in [2.75, 3.05) is 0 Å². The smallest absolute Gasteiger partial charge is 0.276 e. The third-order valence-electron chi connectivity index (χ3n) is 3.12. The number of benzene rings is 1. The highest BCUT2D eigenvalue weighted by molar-refractivity contribution is 5.92. The van der Waals surface area contributed by atoms with E-state index < -0.39 is 0 Å². The van der Waals surface area contributed by atoms with Crippen LogP contribution in [0.1, 0.15) is 28.9 Å². The molecule has 1 aromatic carbocycles. The average molecular weight is 260 g/mol. The van der Waals surface area contributed by atoms with Gasteiger partial charge in [0.15, 0.2) is 5.69 Å². The first-order valence-electron chi connectivity index (χ1n) is 6.15. The van der Waals surface area contributed by atoms with E-state index >= 15 is 0 Å². The Bertz CT molecular complexity index is 580. The summed E-state index contributed by atoms with van der Waals surface area (Å²) in [6.07, 6.45) is 3.38. The number of carbonyl (C=O) groups is 1. The van der Waals surface area contributed by atoms with Crippen molar-refractivity contribution in [3.8, 4) is 0 Å². The van der Waals surface area contributed by atoms with Crippen LogP contribution in [-0.4, -0.2) is 32.3 Å². The standard InChI is InChI=1S/C13H13FN4O/c14-10-3-1-2-9(6-10)8-18(11-4-5-11)13(19)12-7-15-17-16-12/h1-3,6-7,11H,4-5,8H2,(H,15,16,17). The second kappa shape index (κ2) is 4.79. The van der Waals surface area contributed by atoms with Crippen LogP contribution in [-0.2, 0) is 6.54 Å². The predicted molar refractivity (Wildman–Crippen MR) is 65.7 cm³/mol. The number of hydrogen-bond donors (Lipinski definition) is 1. The van der Waals surface area contributed by atoms with E-state index in [2.05, 4.69) is 15.4 Å². The zero-order chi connectivity index (χ0) is 13.2. The lowest BCUT2D eigenvalue weighted by Crippen LogP contribution is -2.32. The first kappa shape index (κ1) is 11.8. The van der Waals surface area contributed by atoms with Crippen LogP contribution in [0.4, 0.5) is 4.39 Å². The van der Waals surface area contributed by atoms with Crippen molar-refractivity contribution in [2.45, 2.75) is 25.4 Å². The lowest BCUT2D eigenvalue weighted by atomic mass is 10.2. The molecule has 5 nitrogen and oxygen atoms in total. The minimum absolute atomic E-state index is 0.166. The summed E-state index contributed by atoms with van der Waals surface area (Å²) in [5, 5.41) is 9.88. The number of carbonyl (C=O) groups excluding carboxylic acids is 1. The van der Waals surface area contributed by atoms with E-state index in [-0.39, 0.29) is 17.8 Å². The van der Waals surface area contributed by atoms with Gasteiger partial charge in [-0.2, -0.15) is 15.4 Å². The third-order valence-corrected chi connectivity index (χ3v) is 3.12. The Labute approximate surface area is 109 Å². The quantitative estimate of drug-likeness (QED) is 0.911. The van der Waals surface area contributed by atoms with Crippen molar-refractivity contribution in [2.24, 2.45) is 0 Å². The average Bonchev–Trinajstić information content (AvgIpc) is 3.09. The molecule has 0 atom stereocenters. The van der Waals surface area contributed by atoms with Gasteiger partial charge in [0.2, 0.25) is 0 Å². The molecule has 1 aromatic heterocycles. The van der Waals surface area contributed by atoms with Crippen LogP contribution in [0.15, 0.2) is 30.5 Å². The van der Waals surface area contributed by atoms with Crippen molar-refractivity contribution >= 4 is 5.91 Å². The predicted octanol–water partition coefficient (Wildman–Crippen LogP) is 1.75. The molecule has 6 heteroatoms. The lowest BCUT2D eigenvalue weighted by Gasteiger charge is -2.21. The molecule has 3 rings (SSSR count). The number of amides is 1. The van der Waals surface area contributed by atoms with Crippen molar-refractivity contribution in [3.63, 3.8) is 0 Å². The molecule has 2 aromatic rings. The second-order valence-corrected chi connectivity index (χ2v) is 4.65. The fourth-order valence-electron chi connectivity index (χ4n) is 2.04. The Morgan fingerprint density at radius 3 is 2.95 bits per heavy atom. The van der Waals surface area contributed by atoms with Crippen LogP contribution < -0.4 is 0 Å². The first-order chi connectivity index (χ1) is 9.24. The number of aromatic nitrogens is 3. The van der Waals surface area contributed by atoms with Gasteiger partial charge in [-0.15, -0.1) is 0 Å². The molecule has 98 valence electrons. The monoisotopic (exact) mass is 260 g/mol. The molecule has 1 N–H and O–H groups in total. The van der Waals surface area contributed by atoms with Gasteiger partial charge in [0, 0.05) is 12.6 Å². The zero-order valence-corrected chi connectivity index (χ0v) is 10.2. The number of hydrogen-bond acceptors (Lipinski definition) is 3. The van der Waals surface area contributed by atoms with E-state index in [0.717, 1.165) is 18.4 Å². The Morgan fingerprint density at radius 2 is 2.32 bits per heavy atom. The maximum absolute atomic E-state index is 13.2. The summed E-state index contributed by atoms with van der Waals surface area (Å²) in [7, 11) is 0. The molecule has 1 aliphatic rings. The van der Waals surface area contributed by atoms with E-state index in [1.165, 1.54) is 18.3 Å². The van der Waals surface area contributed by atoms with E-state index in [0.29, 0.717) is 12.2 Å². The van der Waals surface area contributed by atoms with Crippen molar-refractivity contribution in [1.82, 2.24) is 20.3 Å². The van der Waals surface area contributed by atoms with Crippen LogP contribution in [0.2, 0.25) is 0 Å². The second-order valence-electron chi connectivity index (χ2n) is 4.65. The Balaban J connectivity index is 1.80. The summed E-state index contributed by atoms with van der Waals surface area (Å²) in [5.41, 5.74) is 1.08. The summed E-state index contributed by atoms with van der Waals surface area (Å²) in [6.45, 7) is 0.397. The number of nitrogens with one attached hydrogen (secondary N) is 1. The molecule has 0 spiro atoms. The lowest BCUT2D eigenvalue weighted by molar-refractivity contribution is 0.0723. The van der Waals surface area contributed by atoms with Gasteiger partial charge in [-0.3, -0.25) is 4.79 Å². The largest absolute Gasteiger partial charge is 0.330 e. The Morgan fingerprint density at radius 1 is 1.47 bits per heavy atom. The molecule has 0 saturated heterocycles. The molecule has 0 bridgehead atoms. The molecular formula is C13H13FN4O. The molecule has 0 unspecified atom stereocenters. The zero-order valence-electron chi connectivity index (χ0n) is 10.2. The molecule has 1 saturated carbocycles. The van der Waals surface area contributed by atoms with Crippen LogP contribution in [0.3, 0.4) is 0 Å². The van der Waals surface area contributed by atoms with Gasteiger partial charge in [-0.05, 0) is 30.5 Å². The summed E-state index contributed by atoms with van der Waals surface area (Å²) >= 11 is 0. The van der Waals surface area contributed by atoms with Crippen molar-refractivity contribution in [3.05, 3.63) is 47.5 Å². The van der Waals surface area contributed by atoms with Crippen LogP contribution in [0.25, 0.3) is 0 Å². The van der Waals surface area contributed by atoms with Crippen molar-refractivity contribution < 1.29 is 9.18 Å². The molecule has 1 heterocycles. The molecule has 0 aliphatic heterocycles. The van der Waals surface area contributed by atoms with Crippen molar-refractivity contribution in [1.29, 1.82) is 0 Å². The molecular weight excluding hydrogens is 247 g/mol. The number of halogens is 1. The van der Waals surface area contributed by atoms with E-state index in [1.54, 1.807) is 11.0 Å². The fourth-order valence-corrected chi connectivity index (χ4v) is 2.04.